The highest BCUT2D eigenvalue weighted by Gasteiger charge is 2.54. The number of nitrogens with zero attached hydrogens (tertiary/aromatic N) is 6. The van der Waals surface area contributed by atoms with Crippen LogP contribution in [0.3, 0.4) is 0 Å². The first-order valence-electron chi connectivity index (χ1n) is 14.3. The predicted octanol–water partition coefficient (Wildman–Crippen LogP) is 1.83. The van der Waals surface area contributed by atoms with Crippen molar-refractivity contribution in [2.45, 2.75) is 55.8 Å². The highest BCUT2D eigenvalue weighted by atomic mass is 19.1. The number of imidazole rings is 2. The van der Waals surface area contributed by atoms with E-state index in [4.69, 9.17) is 11.2 Å². The van der Waals surface area contributed by atoms with Crippen LogP contribution in [0.15, 0.2) is 35.4 Å². The molecule has 2 fully saturated rings. The van der Waals surface area contributed by atoms with Gasteiger partial charge in [-0.25, -0.2) is 28.5 Å². The number of ether oxygens (including phenoxy) is 1. The normalized spacial score (nSPS) is 28.3. The minimum Gasteiger partial charge on any atom is -0.453 e. The zero-order valence-electron chi connectivity index (χ0n) is 24.8. The summed E-state index contributed by atoms with van der Waals surface area (Å²) in [7, 11) is 1.18. The van der Waals surface area contributed by atoms with Crippen LogP contribution in [0.1, 0.15) is 49.5 Å². The first-order valence-corrected chi connectivity index (χ1v) is 12.3. The topological polar surface area (TPSA) is 163 Å². The van der Waals surface area contributed by atoms with E-state index in [2.05, 4.69) is 30.4 Å². The number of amides is 2. The number of carbonyl (C=O) groups is 2. The average molecular weight is 542 g/mol. The lowest BCUT2D eigenvalue weighted by Crippen LogP contribution is -2.53. The molecule has 0 radical (unpaired) electrons. The summed E-state index contributed by atoms with van der Waals surface area (Å²) in [4.78, 5) is 46.2. The Morgan fingerprint density at radius 3 is 2.77 bits per heavy atom. The van der Waals surface area contributed by atoms with Crippen molar-refractivity contribution in [2.75, 3.05) is 12.4 Å². The summed E-state index contributed by atoms with van der Waals surface area (Å²) in [5.74, 6) is 0.0210. The van der Waals surface area contributed by atoms with Crippen LogP contribution in [0, 0.1) is 0 Å². The molecule has 0 spiro atoms. The molecule has 14 heteroatoms. The molecule has 4 aromatic rings. The maximum absolute atomic E-state index is 13.8. The van der Waals surface area contributed by atoms with Gasteiger partial charge in [0.1, 0.15) is 23.2 Å². The van der Waals surface area contributed by atoms with Gasteiger partial charge in [-0.15, -0.1) is 5.10 Å². The molecule has 2 saturated carbocycles. The minimum atomic E-state index is -2.81. The number of pyridine rings is 1. The Morgan fingerprint density at radius 1 is 1.23 bits per heavy atom. The third kappa shape index (κ3) is 3.97. The zero-order valence-corrected chi connectivity index (χ0v) is 20.8. The number of fused-ring (bicyclic) bond motifs is 2. The summed E-state index contributed by atoms with van der Waals surface area (Å²) in [5, 5.41) is 10.0. The van der Waals surface area contributed by atoms with Gasteiger partial charge in [-0.05, 0) is 31.4 Å². The number of halogens is 1. The number of aromatic nitrogens is 6. The highest BCUT2D eigenvalue weighted by Crippen LogP contribution is 2.44. The number of hydrogen-bond acceptors (Lipinski definition) is 8. The van der Waals surface area contributed by atoms with Gasteiger partial charge in [0.15, 0.2) is 5.82 Å². The quantitative estimate of drug-likeness (QED) is 0.333. The lowest BCUT2D eigenvalue weighted by atomic mass is 9.66. The molecular weight excluding hydrogens is 509 g/mol. The second-order valence-corrected chi connectivity index (χ2v) is 9.88. The fraction of sp³-hybridized carbons (Fsp3) is 0.440. The van der Waals surface area contributed by atoms with Crippen molar-refractivity contribution in [2.24, 2.45) is 12.7 Å². The molecule has 13 nitrogen and oxygen atoms in total. The Bertz CT molecular complexity index is 1830. The summed E-state index contributed by atoms with van der Waals surface area (Å²) in [6.45, 7) is -2.81. The van der Waals surface area contributed by atoms with Crippen LogP contribution >= 0.6 is 0 Å². The van der Waals surface area contributed by atoms with Crippen molar-refractivity contribution in [1.29, 1.82) is 0 Å². The third-order valence-electron chi connectivity index (χ3n) is 7.53. The van der Waals surface area contributed by atoms with Crippen LogP contribution in [0.25, 0.3) is 16.6 Å². The molecule has 4 aromatic heterocycles. The molecule has 0 unspecified atom stereocenters. The van der Waals surface area contributed by atoms with E-state index in [1.807, 2.05) is 0 Å². The number of methoxy groups -OCH3 is 1. The van der Waals surface area contributed by atoms with Crippen LogP contribution in [-0.2, 0) is 21.9 Å². The number of primary amides is 1. The lowest BCUT2D eigenvalue weighted by Gasteiger charge is -2.39. The predicted molar refractivity (Wildman–Crippen MR) is 138 cm³/mol. The van der Waals surface area contributed by atoms with Gasteiger partial charge in [-0.2, -0.15) is 0 Å². The van der Waals surface area contributed by atoms with Gasteiger partial charge in [0.2, 0.25) is 5.91 Å². The van der Waals surface area contributed by atoms with E-state index in [0.717, 1.165) is 0 Å². The number of carbonyl (C=O) groups excluding carboxylic acids is 2. The van der Waals surface area contributed by atoms with E-state index in [-0.39, 0.29) is 54.2 Å². The minimum absolute atomic E-state index is 0.0379. The first-order chi connectivity index (χ1) is 20.2. The van der Waals surface area contributed by atoms with Crippen molar-refractivity contribution in [3.63, 3.8) is 0 Å². The van der Waals surface area contributed by atoms with Crippen LogP contribution in [0.2, 0.25) is 0 Å². The fourth-order valence-electron chi connectivity index (χ4n) is 5.49. The van der Waals surface area contributed by atoms with Crippen LogP contribution in [-0.4, -0.2) is 60.0 Å². The number of anilines is 2. The number of nitrogens with two attached hydrogens (primary N) is 1. The Hall–Kier alpha value is -4.49. The molecule has 4 N–H and O–H groups in total. The van der Waals surface area contributed by atoms with Gasteiger partial charge in [0.05, 0.1) is 37.4 Å². The molecule has 6 rings (SSSR count). The standard InChI is InChI=1S/C25H28FN9O4/c1-33-18-12-28-20(8-17(18)34(24(33)38)15-4-3-14(7-15)30-23(37)39-2)31-19-6-5-16-11-29-22(35(16)32-19)25(21(27)36)9-13(26)10-25/h5-6,8,11-15H,3-4,7,9-10H2,1-2H3,(H2,27,36)(H,30,37)(H,28,31,32)/t13?,14-,15-,25?/m1/s1/i1D3,14D. The number of aryl methyl sites for hydroxylation is 1. The number of rotatable bonds is 6. The number of hydrogen-bond donors (Lipinski definition) is 3. The summed E-state index contributed by atoms with van der Waals surface area (Å²) >= 11 is 0. The summed E-state index contributed by atoms with van der Waals surface area (Å²) in [6, 6.07) is 2.81. The monoisotopic (exact) mass is 541 g/mol. The Balaban J connectivity index is 1.38. The third-order valence-corrected chi connectivity index (χ3v) is 7.53. The van der Waals surface area contributed by atoms with E-state index in [1.165, 1.54) is 34.7 Å². The van der Waals surface area contributed by atoms with Crippen molar-refractivity contribution in [3.05, 3.63) is 46.9 Å². The maximum atomic E-state index is 13.8. The molecular formula is C25H28FN9O4. The molecule has 2 aliphatic carbocycles. The first kappa shape index (κ1) is 20.5. The van der Waals surface area contributed by atoms with Gasteiger partial charge in [-0.3, -0.25) is 13.9 Å². The molecule has 39 heavy (non-hydrogen) atoms. The van der Waals surface area contributed by atoms with Crippen LogP contribution in [0.4, 0.5) is 20.8 Å². The lowest BCUT2D eigenvalue weighted by molar-refractivity contribution is -0.129. The van der Waals surface area contributed by atoms with Gasteiger partial charge in [-0.1, -0.05) is 0 Å². The maximum Gasteiger partial charge on any atom is 0.407 e. The SMILES string of the molecule is [2H]C([2H])([2H])n1c(=O)n([C@@H]2CC[C@@]([2H])(NC(=O)OC)C2)c2cc(Nc3ccc4cnc(C5(C(N)=O)CC(F)C5)n4n3)ncc21. The van der Waals surface area contributed by atoms with E-state index >= 15 is 0 Å². The fourth-order valence-corrected chi connectivity index (χ4v) is 5.49. The molecule has 0 aromatic carbocycles. The van der Waals surface area contributed by atoms with E-state index < -0.39 is 48.3 Å². The van der Waals surface area contributed by atoms with Crippen molar-refractivity contribution >= 4 is 40.2 Å². The second-order valence-electron chi connectivity index (χ2n) is 9.88. The number of alkyl carbamates (subject to hydrolysis) is 1. The molecule has 0 saturated heterocycles. The molecule has 2 atom stereocenters. The molecule has 2 amide bonds. The Morgan fingerprint density at radius 2 is 2.05 bits per heavy atom. The van der Waals surface area contributed by atoms with Crippen molar-refractivity contribution < 1.29 is 24.2 Å². The van der Waals surface area contributed by atoms with Crippen LogP contribution in [0.5, 0.6) is 0 Å². The Kier molecular flexibility index (Phi) is 4.76. The van der Waals surface area contributed by atoms with Gasteiger partial charge in [0.25, 0.3) is 0 Å². The zero-order chi connectivity index (χ0) is 30.9. The van der Waals surface area contributed by atoms with E-state index in [1.54, 1.807) is 12.1 Å². The van der Waals surface area contributed by atoms with Crippen LogP contribution < -0.4 is 22.1 Å². The highest BCUT2D eigenvalue weighted by molar-refractivity contribution is 5.87. The summed E-state index contributed by atoms with van der Waals surface area (Å²) < 4.78 is 54.4. The molecule has 2 aliphatic rings. The second kappa shape index (κ2) is 9.06. The van der Waals surface area contributed by atoms with Crippen molar-refractivity contribution in [1.82, 2.24) is 34.0 Å². The van der Waals surface area contributed by atoms with Gasteiger partial charge in [0, 0.05) is 42.1 Å². The largest absolute Gasteiger partial charge is 0.453 e. The Labute approximate surface area is 226 Å². The average Bonchev–Trinajstić information content (AvgIpc) is 3.58. The molecule has 4 heterocycles. The number of nitrogens with one attached hydrogen (secondary N) is 2. The molecule has 0 aliphatic heterocycles. The summed E-state index contributed by atoms with van der Waals surface area (Å²) in [6.07, 6.45) is 1.20. The van der Waals surface area contributed by atoms with Gasteiger partial charge < -0.3 is 21.1 Å². The van der Waals surface area contributed by atoms with Crippen molar-refractivity contribution in [3.8, 4) is 0 Å². The van der Waals surface area contributed by atoms with Gasteiger partial charge >= 0.3 is 11.8 Å². The molecule has 204 valence electrons. The van der Waals surface area contributed by atoms with E-state index in [9.17, 15) is 18.8 Å². The smallest absolute Gasteiger partial charge is 0.407 e. The number of alkyl halides is 1. The van der Waals surface area contributed by atoms with E-state index in [0.29, 0.717) is 16.5 Å². The summed E-state index contributed by atoms with van der Waals surface area (Å²) in [5.41, 5.74) is 4.42. The molecule has 0 bridgehead atoms.